The number of halogens is 3. The Morgan fingerprint density at radius 2 is 1.75 bits per heavy atom. The molecule has 1 unspecified atom stereocenters. The third-order valence-corrected chi connectivity index (χ3v) is 8.80. The number of anilines is 1. The lowest BCUT2D eigenvalue weighted by Crippen LogP contribution is -2.58. The van der Waals surface area contributed by atoms with Crippen LogP contribution < -0.4 is 10.6 Å². The van der Waals surface area contributed by atoms with E-state index < -0.39 is 11.3 Å². The molecule has 1 spiro atoms. The molecule has 0 bridgehead atoms. The highest BCUT2D eigenvalue weighted by molar-refractivity contribution is 6.40. The minimum atomic E-state index is -2.62. The molecule has 3 fully saturated rings. The molecule has 5 rings (SSSR count). The maximum Gasteiger partial charge on any atom is 0.248 e. The summed E-state index contributed by atoms with van der Waals surface area (Å²) in [5.74, 6) is -3.32. The minimum Gasteiger partial charge on any atom is -0.381 e. The lowest BCUT2D eigenvalue weighted by molar-refractivity contribution is -0.135. The molecular formula is C27H31B2ClF2N6O2. The van der Waals surface area contributed by atoms with Crippen LogP contribution in [0.5, 0.6) is 0 Å². The Balaban J connectivity index is 1.13. The van der Waals surface area contributed by atoms with E-state index in [1.807, 2.05) is 11.0 Å². The maximum absolute atomic E-state index is 13.5. The Morgan fingerprint density at radius 3 is 2.42 bits per heavy atom. The van der Waals surface area contributed by atoms with Crippen LogP contribution in [0, 0.1) is 11.3 Å². The summed E-state index contributed by atoms with van der Waals surface area (Å²) < 4.78 is 27.0. The Hall–Kier alpha value is -2.72. The summed E-state index contributed by atoms with van der Waals surface area (Å²) in [5.41, 5.74) is 1.91. The van der Waals surface area contributed by atoms with Crippen LogP contribution in [0.4, 0.5) is 14.5 Å². The molecule has 2 amide bonds. The van der Waals surface area contributed by atoms with Crippen molar-refractivity contribution in [3.8, 4) is 0 Å². The van der Waals surface area contributed by atoms with Crippen LogP contribution in [0.3, 0.4) is 0 Å². The highest BCUT2D eigenvalue weighted by atomic mass is 35.5. The van der Waals surface area contributed by atoms with E-state index in [1.165, 1.54) is 6.33 Å². The van der Waals surface area contributed by atoms with Crippen molar-refractivity contribution in [2.24, 2.45) is 11.3 Å². The van der Waals surface area contributed by atoms with Gasteiger partial charge in [-0.05, 0) is 53.8 Å². The monoisotopic (exact) mass is 566 g/mol. The van der Waals surface area contributed by atoms with Crippen molar-refractivity contribution in [1.29, 1.82) is 0 Å². The van der Waals surface area contributed by atoms with Crippen molar-refractivity contribution in [3.05, 3.63) is 53.1 Å². The fraction of sp³-hybridized carbons (Fsp3) is 0.556. The van der Waals surface area contributed by atoms with Crippen LogP contribution in [0.1, 0.15) is 43.2 Å². The van der Waals surface area contributed by atoms with Crippen LogP contribution in [0.25, 0.3) is 0 Å². The van der Waals surface area contributed by atoms with Gasteiger partial charge in [-0.2, -0.15) is 0 Å². The molecule has 1 aromatic carbocycles. The SMILES string of the molecule is [B]C([B])(c1cc(Cl)ccc1NCc1cncnc1)N1CCN(C(=O)CNC(=O)C2CC23CCC(F)(F)CC3)CC1. The number of hydrogen-bond donors (Lipinski definition) is 2. The van der Waals surface area contributed by atoms with Crippen LogP contribution in [0.2, 0.25) is 5.02 Å². The Labute approximate surface area is 240 Å². The van der Waals surface area contributed by atoms with Gasteiger partial charge in [0.1, 0.15) is 6.33 Å². The second kappa shape index (κ2) is 11.3. The zero-order valence-electron chi connectivity index (χ0n) is 22.2. The van der Waals surface area contributed by atoms with Gasteiger partial charge in [-0.1, -0.05) is 11.6 Å². The molecule has 8 nitrogen and oxygen atoms in total. The molecule has 2 heterocycles. The molecule has 1 aliphatic heterocycles. The number of carbonyl (C=O) groups is 2. The number of rotatable bonds is 8. The molecule has 40 heavy (non-hydrogen) atoms. The molecule has 1 saturated heterocycles. The van der Waals surface area contributed by atoms with Gasteiger partial charge in [0, 0.05) is 80.2 Å². The van der Waals surface area contributed by atoms with Gasteiger partial charge in [0.25, 0.3) is 0 Å². The molecule has 1 atom stereocenters. The van der Waals surface area contributed by atoms with E-state index in [4.69, 9.17) is 27.3 Å². The molecule has 2 aromatic rings. The van der Waals surface area contributed by atoms with Gasteiger partial charge in [0.2, 0.25) is 17.7 Å². The summed E-state index contributed by atoms with van der Waals surface area (Å²) in [5, 5.41) is 5.19. The average molecular weight is 567 g/mol. The van der Waals surface area contributed by atoms with Crippen LogP contribution in [-0.2, 0) is 21.5 Å². The van der Waals surface area contributed by atoms with Crippen molar-refractivity contribution >= 4 is 44.8 Å². The lowest BCUT2D eigenvalue weighted by Gasteiger charge is -2.46. The summed E-state index contributed by atoms with van der Waals surface area (Å²) in [6.07, 6.45) is 5.90. The van der Waals surface area contributed by atoms with E-state index in [0.717, 1.165) is 11.3 Å². The second-order valence-corrected chi connectivity index (χ2v) is 11.6. The van der Waals surface area contributed by atoms with Gasteiger partial charge in [-0.3, -0.25) is 9.59 Å². The fourth-order valence-corrected chi connectivity index (χ4v) is 6.07. The van der Waals surface area contributed by atoms with Crippen molar-refractivity contribution < 1.29 is 18.4 Å². The minimum absolute atomic E-state index is 0.122. The number of nitrogens with zero attached hydrogens (tertiary/aromatic N) is 4. The molecule has 2 saturated carbocycles. The van der Waals surface area contributed by atoms with Crippen LogP contribution in [-0.4, -0.2) is 85.9 Å². The number of piperazine rings is 1. The number of benzene rings is 1. The first-order valence-corrected chi connectivity index (χ1v) is 13.9. The predicted molar refractivity (Wildman–Crippen MR) is 149 cm³/mol. The molecule has 4 radical (unpaired) electrons. The Kier molecular flexibility index (Phi) is 8.12. The summed E-state index contributed by atoms with van der Waals surface area (Å²) >= 11 is 6.29. The summed E-state index contributed by atoms with van der Waals surface area (Å²) in [4.78, 5) is 37.1. The van der Waals surface area contributed by atoms with Gasteiger partial charge in [0.05, 0.1) is 22.2 Å². The summed E-state index contributed by atoms with van der Waals surface area (Å²) in [7, 11) is 13.3. The first-order valence-electron chi connectivity index (χ1n) is 13.5. The molecule has 3 aliphatic rings. The largest absolute Gasteiger partial charge is 0.381 e. The first-order chi connectivity index (χ1) is 19.0. The number of nitrogens with one attached hydrogen (secondary N) is 2. The number of hydrogen-bond acceptors (Lipinski definition) is 6. The zero-order chi connectivity index (χ0) is 28.5. The average Bonchev–Trinajstić information content (AvgIpc) is 3.67. The van der Waals surface area contributed by atoms with Crippen LogP contribution >= 0.6 is 11.6 Å². The summed E-state index contributed by atoms with van der Waals surface area (Å²) in [6.45, 7) is 1.96. The third kappa shape index (κ3) is 6.28. The van der Waals surface area contributed by atoms with Gasteiger partial charge in [0.15, 0.2) is 0 Å². The quantitative estimate of drug-likeness (QED) is 0.478. The number of amides is 2. The molecule has 2 N–H and O–H groups in total. The molecular weight excluding hydrogens is 535 g/mol. The highest BCUT2D eigenvalue weighted by Gasteiger charge is 2.60. The van der Waals surface area contributed by atoms with E-state index in [-0.39, 0.29) is 42.5 Å². The molecule has 208 valence electrons. The maximum atomic E-state index is 13.5. The standard InChI is InChI=1S/C27H31B2ClF2N6O2/c28-27(29,20-11-19(30)1-2-22(20)35-15-18-13-33-17-34-14-18)38-9-7-37(8-10-38)23(39)16-36-24(40)21-12-25(21)3-5-26(31,32)6-4-25/h1-2,11,13-14,17,21,35H,3-10,12,15-16H2,(H,36,40). The molecule has 2 aliphatic carbocycles. The topological polar surface area (TPSA) is 90.5 Å². The van der Waals surface area contributed by atoms with E-state index in [2.05, 4.69) is 20.6 Å². The second-order valence-electron chi connectivity index (χ2n) is 11.2. The highest BCUT2D eigenvalue weighted by Crippen LogP contribution is 2.63. The van der Waals surface area contributed by atoms with E-state index in [1.54, 1.807) is 29.4 Å². The number of carbonyl (C=O) groups excluding carboxylic acids is 2. The van der Waals surface area contributed by atoms with Crippen LogP contribution in [0.15, 0.2) is 36.9 Å². The van der Waals surface area contributed by atoms with E-state index in [9.17, 15) is 18.4 Å². The zero-order valence-corrected chi connectivity index (χ0v) is 23.0. The molecule has 13 heteroatoms. The van der Waals surface area contributed by atoms with Crippen molar-refractivity contribution in [2.75, 3.05) is 38.0 Å². The normalized spacial score (nSPS) is 22.1. The first kappa shape index (κ1) is 28.8. The van der Waals surface area contributed by atoms with Gasteiger partial charge >= 0.3 is 0 Å². The number of aromatic nitrogens is 2. The Bertz CT molecular complexity index is 1240. The Morgan fingerprint density at radius 1 is 1.07 bits per heavy atom. The smallest absolute Gasteiger partial charge is 0.248 e. The number of alkyl halides is 2. The molecule has 1 aromatic heterocycles. The van der Waals surface area contributed by atoms with Crippen molar-refractivity contribution in [3.63, 3.8) is 0 Å². The van der Waals surface area contributed by atoms with Gasteiger partial charge in [-0.25, -0.2) is 18.7 Å². The van der Waals surface area contributed by atoms with Gasteiger partial charge in [-0.15, -0.1) is 0 Å². The summed E-state index contributed by atoms with van der Waals surface area (Å²) in [6, 6.07) is 5.31. The lowest BCUT2D eigenvalue weighted by atomic mass is 9.56. The third-order valence-electron chi connectivity index (χ3n) is 8.56. The van der Waals surface area contributed by atoms with Crippen molar-refractivity contribution in [1.82, 2.24) is 25.1 Å². The van der Waals surface area contributed by atoms with E-state index >= 15 is 0 Å². The predicted octanol–water partition coefficient (Wildman–Crippen LogP) is 2.67. The van der Waals surface area contributed by atoms with E-state index in [0.29, 0.717) is 62.6 Å². The van der Waals surface area contributed by atoms with Gasteiger partial charge < -0.3 is 20.4 Å². The van der Waals surface area contributed by atoms with Crippen molar-refractivity contribution in [2.45, 2.75) is 49.9 Å². The fourth-order valence-electron chi connectivity index (χ4n) is 5.90.